The van der Waals surface area contributed by atoms with Crippen molar-refractivity contribution in [1.29, 1.82) is 0 Å². The summed E-state index contributed by atoms with van der Waals surface area (Å²) in [7, 11) is 3.25. The largest absolute Gasteiger partial charge is 0.479 e. The standard InChI is InChI=1S/C15H18N2O5/c1-17(2)14(19)9-5-3-4-6-10(9)16-13(18)11-7-8-12(22-11)15(20)21/h3-6,11-12H,7-8H2,1-2H3,(H,16,18)(H,20,21)/t11-,12+/m0/s1. The Bertz CT molecular complexity index is 599. The van der Waals surface area contributed by atoms with Crippen molar-refractivity contribution in [2.75, 3.05) is 19.4 Å². The lowest BCUT2D eigenvalue weighted by Crippen LogP contribution is -2.31. The third kappa shape index (κ3) is 3.43. The van der Waals surface area contributed by atoms with Crippen molar-refractivity contribution in [2.45, 2.75) is 25.0 Å². The van der Waals surface area contributed by atoms with Gasteiger partial charge < -0.3 is 20.1 Å². The number of carbonyl (C=O) groups excluding carboxylic acids is 2. The molecule has 1 saturated heterocycles. The Hall–Kier alpha value is -2.41. The van der Waals surface area contributed by atoms with Gasteiger partial charge in [-0.1, -0.05) is 12.1 Å². The molecule has 7 heteroatoms. The number of nitrogens with one attached hydrogen (secondary N) is 1. The lowest BCUT2D eigenvalue weighted by atomic mass is 10.1. The van der Waals surface area contributed by atoms with Gasteiger partial charge in [0.1, 0.15) is 6.10 Å². The molecule has 0 unspecified atom stereocenters. The quantitative estimate of drug-likeness (QED) is 0.863. The molecule has 22 heavy (non-hydrogen) atoms. The Morgan fingerprint density at radius 2 is 1.82 bits per heavy atom. The van der Waals surface area contributed by atoms with Crippen molar-refractivity contribution >= 4 is 23.5 Å². The van der Waals surface area contributed by atoms with Crippen molar-refractivity contribution in [1.82, 2.24) is 4.90 Å². The van der Waals surface area contributed by atoms with Crippen molar-refractivity contribution in [2.24, 2.45) is 0 Å². The first-order valence-electron chi connectivity index (χ1n) is 6.90. The van der Waals surface area contributed by atoms with Crippen LogP contribution in [0.3, 0.4) is 0 Å². The molecule has 0 aliphatic carbocycles. The van der Waals surface area contributed by atoms with Crippen molar-refractivity contribution in [3.05, 3.63) is 29.8 Å². The number of nitrogens with zero attached hydrogens (tertiary/aromatic N) is 1. The van der Waals surface area contributed by atoms with Crippen LogP contribution in [0, 0.1) is 0 Å². The molecule has 1 aromatic rings. The summed E-state index contributed by atoms with van der Waals surface area (Å²) in [5.74, 6) is -1.74. The second-order valence-electron chi connectivity index (χ2n) is 5.26. The van der Waals surface area contributed by atoms with E-state index in [1.54, 1.807) is 38.4 Å². The minimum absolute atomic E-state index is 0.230. The number of benzene rings is 1. The van der Waals surface area contributed by atoms with Crippen LogP contribution in [0.4, 0.5) is 5.69 Å². The van der Waals surface area contributed by atoms with Crippen LogP contribution in [-0.2, 0) is 14.3 Å². The predicted molar refractivity (Wildman–Crippen MR) is 78.6 cm³/mol. The molecular weight excluding hydrogens is 288 g/mol. The molecule has 118 valence electrons. The number of amides is 2. The molecular formula is C15H18N2O5. The predicted octanol–water partition coefficient (Wildman–Crippen LogP) is 0.959. The topological polar surface area (TPSA) is 95.9 Å². The second kappa shape index (κ2) is 6.57. The number of anilines is 1. The lowest BCUT2D eigenvalue weighted by molar-refractivity contribution is -0.150. The maximum Gasteiger partial charge on any atom is 0.332 e. The number of aliphatic carboxylic acids is 1. The van der Waals surface area contributed by atoms with Gasteiger partial charge in [0.2, 0.25) is 0 Å². The number of para-hydroxylation sites is 1. The molecule has 2 N–H and O–H groups in total. The summed E-state index contributed by atoms with van der Waals surface area (Å²) in [6.07, 6.45) is -1.13. The SMILES string of the molecule is CN(C)C(=O)c1ccccc1NC(=O)[C@@H]1CC[C@H](C(=O)O)O1. The van der Waals surface area contributed by atoms with Gasteiger partial charge in [-0.25, -0.2) is 4.79 Å². The summed E-state index contributed by atoms with van der Waals surface area (Å²) in [5.41, 5.74) is 0.752. The molecule has 1 aromatic carbocycles. The molecule has 0 radical (unpaired) electrons. The Kier molecular flexibility index (Phi) is 4.77. The van der Waals surface area contributed by atoms with E-state index >= 15 is 0 Å². The average molecular weight is 306 g/mol. The number of carbonyl (C=O) groups is 3. The fourth-order valence-electron chi connectivity index (χ4n) is 2.24. The molecule has 1 aliphatic heterocycles. The van der Waals surface area contributed by atoms with Crippen LogP contribution in [0.1, 0.15) is 23.2 Å². The van der Waals surface area contributed by atoms with Crippen LogP contribution in [-0.4, -0.2) is 54.1 Å². The van der Waals surface area contributed by atoms with Crippen LogP contribution in [0.25, 0.3) is 0 Å². The van der Waals surface area contributed by atoms with Gasteiger partial charge >= 0.3 is 5.97 Å². The molecule has 2 amide bonds. The minimum atomic E-state index is -1.07. The van der Waals surface area contributed by atoms with E-state index < -0.39 is 24.1 Å². The summed E-state index contributed by atoms with van der Waals surface area (Å²) in [4.78, 5) is 36.5. The molecule has 7 nitrogen and oxygen atoms in total. The number of ether oxygens (including phenoxy) is 1. The number of carboxylic acid groups (broad SMARTS) is 1. The van der Waals surface area contributed by atoms with E-state index in [0.717, 1.165) is 0 Å². The lowest BCUT2D eigenvalue weighted by Gasteiger charge is -2.16. The first kappa shape index (κ1) is 16.0. The highest BCUT2D eigenvalue weighted by Crippen LogP contribution is 2.23. The van der Waals surface area contributed by atoms with Gasteiger partial charge in [-0.3, -0.25) is 9.59 Å². The number of hydrogen-bond donors (Lipinski definition) is 2. The molecule has 1 fully saturated rings. The average Bonchev–Trinajstić information content (AvgIpc) is 2.97. The van der Waals surface area contributed by atoms with E-state index in [4.69, 9.17) is 9.84 Å². The Labute approximate surface area is 127 Å². The minimum Gasteiger partial charge on any atom is -0.479 e. The highest BCUT2D eigenvalue weighted by Gasteiger charge is 2.35. The molecule has 0 bridgehead atoms. The summed E-state index contributed by atoms with van der Waals surface area (Å²) in [5, 5.41) is 11.5. The van der Waals surface area contributed by atoms with Crippen LogP contribution in [0.2, 0.25) is 0 Å². The summed E-state index contributed by atoms with van der Waals surface area (Å²) in [6.45, 7) is 0. The molecule has 1 aliphatic rings. The zero-order valence-electron chi connectivity index (χ0n) is 12.4. The fraction of sp³-hybridized carbons (Fsp3) is 0.400. The number of hydrogen-bond acceptors (Lipinski definition) is 4. The van der Waals surface area contributed by atoms with Gasteiger partial charge in [0.25, 0.3) is 11.8 Å². The van der Waals surface area contributed by atoms with E-state index in [2.05, 4.69) is 5.32 Å². The van der Waals surface area contributed by atoms with Crippen LogP contribution in [0.15, 0.2) is 24.3 Å². The first-order chi connectivity index (χ1) is 10.4. The van der Waals surface area contributed by atoms with Crippen LogP contribution in [0.5, 0.6) is 0 Å². The summed E-state index contributed by atoms with van der Waals surface area (Å²) < 4.78 is 5.20. The molecule has 0 spiro atoms. The molecule has 0 aromatic heterocycles. The van der Waals surface area contributed by atoms with E-state index in [0.29, 0.717) is 24.1 Å². The van der Waals surface area contributed by atoms with Gasteiger partial charge in [0.05, 0.1) is 11.3 Å². The first-order valence-corrected chi connectivity index (χ1v) is 6.90. The van der Waals surface area contributed by atoms with Crippen molar-refractivity contribution < 1.29 is 24.2 Å². The van der Waals surface area contributed by atoms with Gasteiger partial charge in [-0.05, 0) is 25.0 Å². The molecule has 2 rings (SSSR count). The summed E-state index contributed by atoms with van der Waals surface area (Å²) >= 11 is 0. The smallest absolute Gasteiger partial charge is 0.332 e. The van der Waals surface area contributed by atoms with Crippen molar-refractivity contribution in [3.8, 4) is 0 Å². The fourth-order valence-corrected chi connectivity index (χ4v) is 2.24. The van der Waals surface area contributed by atoms with E-state index in [1.165, 1.54) is 4.90 Å². The third-order valence-corrected chi connectivity index (χ3v) is 3.41. The van der Waals surface area contributed by atoms with E-state index in [9.17, 15) is 14.4 Å². The van der Waals surface area contributed by atoms with E-state index in [1.807, 2.05) is 0 Å². The monoisotopic (exact) mass is 306 g/mol. The zero-order valence-corrected chi connectivity index (χ0v) is 12.4. The van der Waals surface area contributed by atoms with E-state index in [-0.39, 0.29) is 5.91 Å². The Balaban J connectivity index is 2.10. The maximum atomic E-state index is 12.2. The third-order valence-electron chi connectivity index (χ3n) is 3.41. The second-order valence-corrected chi connectivity index (χ2v) is 5.26. The highest BCUT2D eigenvalue weighted by atomic mass is 16.5. The molecule has 1 heterocycles. The van der Waals surface area contributed by atoms with Gasteiger partial charge in [-0.15, -0.1) is 0 Å². The Morgan fingerprint density at radius 3 is 2.41 bits per heavy atom. The van der Waals surface area contributed by atoms with Crippen LogP contribution >= 0.6 is 0 Å². The zero-order chi connectivity index (χ0) is 16.3. The maximum absolute atomic E-state index is 12.2. The van der Waals surface area contributed by atoms with Crippen LogP contribution < -0.4 is 5.32 Å². The van der Waals surface area contributed by atoms with Gasteiger partial charge in [-0.2, -0.15) is 0 Å². The highest BCUT2D eigenvalue weighted by molar-refractivity contribution is 6.04. The number of carboxylic acids is 1. The van der Waals surface area contributed by atoms with Gasteiger partial charge in [0, 0.05) is 14.1 Å². The normalized spacial score (nSPS) is 20.5. The van der Waals surface area contributed by atoms with Gasteiger partial charge in [0.15, 0.2) is 6.10 Å². The Morgan fingerprint density at radius 1 is 1.18 bits per heavy atom. The number of rotatable bonds is 4. The molecule has 2 atom stereocenters. The molecule has 0 saturated carbocycles. The van der Waals surface area contributed by atoms with Crippen molar-refractivity contribution in [3.63, 3.8) is 0 Å². The summed E-state index contributed by atoms with van der Waals surface area (Å²) in [6, 6.07) is 6.66.